The molecule has 0 bridgehead atoms. The molecule has 0 saturated carbocycles. The topological polar surface area (TPSA) is 212 Å². The molecule has 1 aliphatic heterocycles. The average Bonchev–Trinajstić information content (AvgIpc) is 3.14. The first-order valence-corrected chi connectivity index (χ1v) is 13.4. The number of rotatable bonds is 9. The van der Waals surface area contributed by atoms with Crippen molar-refractivity contribution >= 4 is 22.8 Å². The SMILES string of the molecule is NC1=CCCC=C1c1ccnc(Cn2c(=O)ccn(C3OC(COP(O)OP(O)O)C(O)C3O)c2=O)c1. The lowest BCUT2D eigenvalue weighted by Crippen LogP contribution is -2.43. The summed E-state index contributed by atoms with van der Waals surface area (Å²) in [7, 11) is -5.54. The minimum absolute atomic E-state index is 0.168. The van der Waals surface area contributed by atoms with Crippen LogP contribution in [-0.2, 0) is 20.1 Å². The van der Waals surface area contributed by atoms with Gasteiger partial charge in [-0.25, -0.2) is 9.11 Å². The Morgan fingerprint density at radius 3 is 2.62 bits per heavy atom. The van der Waals surface area contributed by atoms with Crippen LogP contribution in [0.5, 0.6) is 0 Å². The van der Waals surface area contributed by atoms with Crippen LogP contribution in [0.15, 0.2) is 58.0 Å². The van der Waals surface area contributed by atoms with E-state index in [1.807, 2.05) is 12.2 Å². The monoisotopic (exact) mass is 556 g/mol. The van der Waals surface area contributed by atoms with Crippen LogP contribution in [0.25, 0.3) is 5.57 Å². The molecule has 16 heteroatoms. The number of allylic oxidation sites excluding steroid dienone is 3. The van der Waals surface area contributed by atoms with Crippen LogP contribution in [-0.4, -0.2) is 63.9 Å². The molecule has 3 heterocycles. The number of ether oxygens (including phenoxy) is 1. The summed E-state index contributed by atoms with van der Waals surface area (Å²) in [5.41, 5.74) is 7.40. The van der Waals surface area contributed by atoms with Crippen molar-refractivity contribution in [3.8, 4) is 0 Å². The molecule has 0 spiro atoms. The second-order valence-electron chi connectivity index (χ2n) is 8.23. The van der Waals surface area contributed by atoms with Crippen LogP contribution in [0.3, 0.4) is 0 Å². The highest BCUT2D eigenvalue weighted by Crippen LogP contribution is 2.46. The van der Waals surface area contributed by atoms with E-state index < -0.39 is 59.6 Å². The van der Waals surface area contributed by atoms with Crippen molar-refractivity contribution in [3.63, 3.8) is 0 Å². The zero-order valence-corrected chi connectivity index (χ0v) is 21.1. The summed E-state index contributed by atoms with van der Waals surface area (Å²) in [4.78, 5) is 57.0. The van der Waals surface area contributed by atoms with Crippen molar-refractivity contribution in [1.82, 2.24) is 14.1 Å². The number of hydrogen-bond donors (Lipinski definition) is 6. The van der Waals surface area contributed by atoms with Gasteiger partial charge in [0.15, 0.2) is 6.23 Å². The van der Waals surface area contributed by atoms with Crippen LogP contribution in [0.1, 0.15) is 30.3 Å². The zero-order chi connectivity index (χ0) is 26.7. The number of nitrogens with zero attached hydrogens (tertiary/aromatic N) is 3. The molecule has 5 atom stereocenters. The van der Waals surface area contributed by atoms with Crippen molar-refractivity contribution in [2.24, 2.45) is 5.73 Å². The average molecular weight is 556 g/mol. The van der Waals surface area contributed by atoms with Gasteiger partial charge in [0, 0.05) is 29.7 Å². The normalized spacial score (nSPS) is 24.7. The van der Waals surface area contributed by atoms with E-state index in [9.17, 15) is 24.7 Å². The molecular formula is C21H26N4O10P2. The fourth-order valence-electron chi connectivity index (χ4n) is 4.06. The largest absolute Gasteiger partial charge is 0.398 e. The maximum atomic E-state index is 13.2. The third-order valence-electron chi connectivity index (χ3n) is 5.84. The number of nitrogens with two attached hydrogens (primary N) is 1. The van der Waals surface area contributed by atoms with Crippen molar-refractivity contribution in [1.29, 1.82) is 0 Å². The smallest absolute Gasteiger partial charge is 0.337 e. The van der Waals surface area contributed by atoms with Gasteiger partial charge in [0.2, 0.25) is 0 Å². The van der Waals surface area contributed by atoms with E-state index in [0.717, 1.165) is 45.4 Å². The molecule has 1 aliphatic carbocycles. The molecule has 2 aromatic rings. The Hall–Kier alpha value is -2.35. The van der Waals surface area contributed by atoms with Crippen molar-refractivity contribution in [3.05, 3.63) is 80.5 Å². The summed E-state index contributed by atoms with van der Waals surface area (Å²) in [6.07, 6.45) is 2.66. The molecule has 5 unspecified atom stereocenters. The Morgan fingerprint density at radius 1 is 1.14 bits per heavy atom. The van der Waals surface area contributed by atoms with Crippen molar-refractivity contribution < 1.29 is 38.5 Å². The summed E-state index contributed by atoms with van der Waals surface area (Å²) in [6.45, 7) is -0.656. The van der Waals surface area contributed by atoms with E-state index in [-0.39, 0.29) is 6.54 Å². The van der Waals surface area contributed by atoms with E-state index in [2.05, 4.69) is 9.29 Å². The van der Waals surface area contributed by atoms with Gasteiger partial charge in [-0.1, -0.05) is 12.2 Å². The van der Waals surface area contributed by atoms with Gasteiger partial charge in [0.05, 0.1) is 18.8 Å². The zero-order valence-electron chi connectivity index (χ0n) is 19.3. The lowest BCUT2D eigenvalue weighted by molar-refractivity contribution is -0.0530. The van der Waals surface area contributed by atoms with E-state index in [0.29, 0.717) is 11.4 Å². The molecule has 14 nitrogen and oxygen atoms in total. The van der Waals surface area contributed by atoms with Gasteiger partial charge in [-0.2, -0.15) is 0 Å². The molecule has 37 heavy (non-hydrogen) atoms. The fraction of sp³-hybridized carbons (Fsp3) is 0.381. The minimum atomic E-state index is -2.86. The lowest BCUT2D eigenvalue weighted by Gasteiger charge is -2.19. The van der Waals surface area contributed by atoms with Gasteiger partial charge >= 0.3 is 22.9 Å². The predicted molar refractivity (Wildman–Crippen MR) is 131 cm³/mol. The molecular weight excluding hydrogens is 530 g/mol. The lowest BCUT2D eigenvalue weighted by atomic mass is 9.97. The van der Waals surface area contributed by atoms with E-state index in [1.54, 1.807) is 18.3 Å². The molecule has 0 amide bonds. The number of pyridine rings is 1. The van der Waals surface area contributed by atoms with Gasteiger partial charge in [0.25, 0.3) is 5.56 Å². The molecule has 4 rings (SSSR count). The van der Waals surface area contributed by atoms with Gasteiger partial charge in [0.1, 0.15) is 18.3 Å². The second kappa shape index (κ2) is 12.0. The first kappa shape index (κ1) is 27.7. The van der Waals surface area contributed by atoms with Gasteiger partial charge in [-0.05, 0) is 30.5 Å². The Bertz CT molecular complexity index is 1300. The molecule has 0 aromatic carbocycles. The first-order chi connectivity index (χ1) is 17.7. The number of aliphatic hydroxyl groups is 2. The third-order valence-corrected chi connectivity index (χ3v) is 7.35. The summed E-state index contributed by atoms with van der Waals surface area (Å²) in [5, 5.41) is 20.8. The van der Waals surface area contributed by atoms with E-state index in [4.69, 9.17) is 24.8 Å². The number of aromatic nitrogens is 3. The van der Waals surface area contributed by atoms with Crippen LogP contribution in [0.4, 0.5) is 0 Å². The first-order valence-electron chi connectivity index (χ1n) is 11.1. The van der Waals surface area contributed by atoms with Crippen LogP contribution < -0.4 is 17.0 Å². The van der Waals surface area contributed by atoms with Gasteiger partial charge < -0.3 is 39.9 Å². The highest BCUT2D eigenvalue weighted by Gasteiger charge is 2.44. The summed E-state index contributed by atoms with van der Waals surface area (Å²) >= 11 is 0. The molecule has 7 N–H and O–H groups in total. The molecule has 1 saturated heterocycles. The number of aliphatic hydroxyl groups excluding tert-OH is 2. The quantitative estimate of drug-likeness (QED) is 0.217. The fourth-order valence-corrected chi connectivity index (χ4v) is 5.03. The highest BCUT2D eigenvalue weighted by molar-refractivity contribution is 7.54. The summed E-state index contributed by atoms with van der Waals surface area (Å²) < 4.78 is 16.6. The van der Waals surface area contributed by atoms with Crippen LogP contribution in [0.2, 0.25) is 0 Å². The maximum Gasteiger partial charge on any atom is 0.337 e. The van der Waals surface area contributed by atoms with E-state index >= 15 is 0 Å². The number of hydrogen-bond acceptors (Lipinski definition) is 12. The van der Waals surface area contributed by atoms with Crippen molar-refractivity contribution in [2.45, 2.75) is 43.9 Å². The standard InChI is InChI=1S/C21H26N4O10P2/c22-15-4-2-1-3-14(15)12-5-7-23-13(9-12)10-25-17(26)6-8-24(21(25)29)20-19(28)18(27)16(34-20)11-33-37(32)35-36(30)31/h3-9,16,18-20,27-28,30-32H,1-2,10-11,22H2. The molecule has 0 radical (unpaired) electrons. The Kier molecular flexibility index (Phi) is 8.98. The van der Waals surface area contributed by atoms with Gasteiger partial charge in [-0.15, -0.1) is 0 Å². The summed E-state index contributed by atoms with van der Waals surface area (Å²) in [5.74, 6) is 0. The Labute approximate surface area is 212 Å². The van der Waals surface area contributed by atoms with Crippen LogP contribution >= 0.6 is 17.2 Å². The van der Waals surface area contributed by atoms with E-state index in [1.165, 1.54) is 0 Å². The molecule has 2 aliphatic rings. The third kappa shape index (κ3) is 6.39. The predicted octanol–water partition coefficient (Wildman–Crippen LogP) is -0.444. The molecule has 2 aromatic heterocycles. The molecule has 200 valence electrons. The van der Waals surface area contributed by atoms with Crippen LogP contribution in [0, 0.1) is 0 Å². The second-order valence-corrected chi connectivity index (χ2v) is 10.1. The Balaban J connectivity index is 1.54. The van der Waals surface area contributed by atoms with Gasteiger partial charge in [-0.3, -0.25) is 18.9 Å². The summed E-state index contributed by atoms with van der Waals surface area (Å²) in [6, 6.07) is 4.64. The van der Waals surface area contributed by atoms with Crippen molar-refractivity contribution in [2.75, 3.05) is 6.61 Å². The molecule has 1 fully saturated rings. The maximum absolute atomic E-state index is 13.2. The Morgan fingerprint density at radius 2 is 1.89 bits per heavy atom. The highest BCUT2D eigenvalue weighted by atomic mass is 31.2. The minimum Gasteiger partial charge on any atom is -0.398 e.